The van der Waals surface area contributed by atoms with E-state index in [2.05, 4.69) is 5.32 Å². The van der Waals surface area contributed by atoms with Gasteiger partial charge in [0.05, 0.1) is 5.02 Å². The summed E-state index contributed by atoms with van der Waals surface area (Å²) in [5.74, 6) is -3.36. The molecule has 13 heteroatoms. The number of nitrogens with one attached hydrogen (secondary N) is 2. The van der Waals surface area contributed by atoms with Crippen LogP contribution < -0.4 is 10.0 Å². The molecule has 0 saturated heterocycles. The minimum absolute atomic E-state index is 0.144. The molecule has 0 radical (unpaired) electrons. The average molecular weight is 446 g/mol. The Kier molecular flexibility index (Phi) is 6.07. The topological polar surface area (TPSA) is 80.2 Å². The second kappa shape index (κ2) is 7.68. The number of alkyl halides is 3. The van der Waals surface area contributed by atoms with E-state index in [1.165, 1.54) is 11.8 Å². The summed E-state index contributed by atoms with van der Waals surface area (Å²) in [5, 5.41) is 1.56. The summed E-state index contributed by atoms with van der Waals surface area (Å²) in [6, 6.07) is 0.106. The quantitative estimate of drug-likeness (QED) is 0.692. The molecule has 1 atom stereocenters. The highest BCUT2D eigenvalue weighted by Crippen LogP contribution is 2.29. The van der Waals surface area contributed by atoms with E-state index >= 15 is 0 Å². The van der Waals surface area contributed by atoms with Crippen molar-refractivity contribution in [3.8, 4) is 0 Å². The van der Waals surface area contributed by atoms with E-state index in [1.807, 2.05) is 0 Å². The summed E-state index contributed by atoms with van der Waals surface area (Å²) in [6.45, 7) is 0.602. The second-order valence-electron chi connectivity index (χ2n) is 5.73. The predicted octanol–water partition coefficient (Wildman–Crippen LogP) is 3.44. The summed E-state index contributed by atoms with van der Waals surface area (Å²) in [4.78, 5) is 11.6. The van der Waals surface area contributed by atoms with Crippen LogP contribution in [0.5, 0.6) is 0 Å². The van der Waals surface area contributed by atoms with Gasteiger partial charge in [-0.1, -0.05) is 11.6 Å². The normalized spacial score (nSPS) is 13.4. The standard InChI is InChI=1S/C15H13ClF5N3O3S/c1-7(15(19,20)21)23-28(26,27)11-6-24(2)13(12(11)16)14(25)22-8-3-4-9(17)10(18)5-8/h3-7,23H,1-2H3,(H,22,25)/t7-/m1/s1. The molecule has 1 amide bonds. The molecular weight excluding hydrogens is 433 g/mol. The molecule has 0 fully saturated rings. The molecule has 2 rings (SSSR count). The van der Waals surface area contributed by atoms with Gasteiger partial charge in [0.25, 0.3) is 5.91 Å². The van der Waals surface area contributed by atoms with Crippen LogP contribution in [0.15, 0.2) is 29.3 Å². The summed E-state index contributed by atoms with van der Waals surface area (Å²) < 4.78 is 90.9. The molecule has 0 bridgehead atoms. The Labute approximate surface area is 161 Å². The third-order valence-electron chi connectivity index (χ3n) is 3.59. The number of carbonyl (C=O) groups is 1. The van der Waals surface area contributed by atoms with E-state index in [0.29, 0.717) is 13.0 Å². The molecular formula is C15H13ClF5N3O3S. The number of nitrogens with zero attached hydrogens (tertiary/aromatic N) is 1. The Morgan fingerprint density at radius 3 is 2.36 bits per heavy atom. The molecule has 2 aromatic rings. The van der Waals surface area contributed by atoms with Crippen LogP contribution in [-0.2, 0) is 17.1 Å². The smallest absolute Gasteiger partial charge is 0.344 e. The fourth-order valence-corrected chi connectivity index (χ4v) is 4.07. The maximum Gasteiger partial charge on any atom is 0.404 e. The van der Waals surface area contributed by atoms with E-state index < -0.39 is 55.4 Å². The highest BCUT2D eigenvalue weighted by molar-refractivity contribution is 7.89. The number of rotatable bonds is 5. The van der Waals surface area contributed by atoms with Crippen LogP contribution in [0, 0.1) is 11.6 Å². The van der Waals surface area contributed by atoms with E-state index in [-0.39, 0.29) is 5.69 Å². The summed E-state index contributed by atoms with van der Waals surface area (Å²) in [5.41, 5.74) is -0.555. The molecule has 0 saturated carbocycles. The summed E-state index contributed by atoms with van der Waals surface area (Å²) in [7, 11) is -3.47. The highest BCUT2D eigenvalue weighted by atomic mass is 35.5. The lowest BCUT2D eigenvalue weighted by atomic mass is 10.3. The van der Waals surface area contributed by atoms with E-state index in [1.54, 1.807) is 0 Å². The lowest BCUT2D eigenvalue weighted by Crippen LogP contribution is -2.42. The number of halogens is 6. The van der Waals surface area contributed by atoms with Gasteiger partial charge in [0.2, 0.25) is 10.0 Å². The first-order valence-electron chi connectivity index (χ1n) is 7.44. The Balaban J connectivity index is 2.34. The molecule has 6 nitrogen and oxygen atoms in total. The van der Waals surface area contributed by atoms with E-state index in [4.69, 9.17) is 11.6 Å². The number of hydrogen-bond donors (Lipinski definition) is 2. The Morgan fingerprint density at radius 1 is 1.21 bits per heavy atom. The number of aryl methyl sites for hydroxylation is 1. The van der Waals surface area contributed by atoms with Crippen LogP contribution in [0.4, 0.5) is 27.6 Å². The van der Waals surface area contributed by atoms with Crippen molar-refractivity contribution >= 4 is 33.2 Å². The maximum absolute atomic E-state index is 13.2. The Bertz CT molecular complexity index is 1020. The van der Waals surface area contributed by atoms with Crippen molar-refractivity contribution in [2.75, 3.05) is 5.32 Å². The predicted molar refractivity (Wildman–Crippen MR) is 90.6 cm³/mol. The zero-order chi connectivity index (χ0) is 21.4. The maximum atomic E-state index is 13.2. The van der Waals surface area contributed by atoms with Crippen LogP contribution in [0.1, 0.15) is 17.4 Å². The number of amides is 1. The fourth-order valence-electron chi connectivity index (χ4n) is 2.14. The molecule has 0 aliphatic rings. The zero-order valence-corrected chi connectivity index (χ0v) is 15.8. The molecule has 1 heterocycles. The van der Waals surface area contributed by atoms with Gasteiger partial charge in [-0.3, -0.25) is 4.79 Å². The Morgan fingerprint density at radius 2 is 1.82 bits per heavy atom. The van der Waals surface area contributed by atoms with Gasteiger partial charge >= 0.3 is 6.18 Å². The minimum Gasteiger partial charge on any atom is -0.344 e. The number of aromatic nitrogens is 1. The first-order valence-corrected chi connectivity index (χ1v) is 9.30. The van der Waals surface area contributed by atoms with Crippen molar-refractivity contribution in [1.82, 2.24) is 9.29 Å². The monoisotopic (exact) mass is 445 g/mol. The zero-order valence-electron chi connectivity index (χ0n) is 14.2. The number of hydrogen-bond acceptors (Lipinski definition) is 3. The minimum atomic E-state index is -4.83. The van der Waals surface area contributed by atoms with Crippen LogP contribution in [-0.4, -0.2) is 31.1 Å². The van der Waals surface area contributed by atoms with Crippen LogP contribution in [0.2, 0.25) is 5.02 Å². The molecule has 2 N–H and O–H groups in total. The van der Waals surface area contributed by atoms with Gasteiger partial charge in [-0.15, -0.1) is 0 Å². The van der Waals surface area contributed by atoms with Gasteiger partial charge in [0.1, 0.15) is 16.6 Å². The number of anilines is 1. The van der Waals surface area contributed by atoms with Crippen molar-refractivity contribution in [3.05, 3.63) is 46.7 Å². The van der Waals surface area contributed by atoms with Crippen molar-refractivity contribution in [1.29, 1.82) is 0 Å². The largest absolute Gasteiger partial charge is 0.404 e. The van der Waals surface area contributed by atoms with Gasteiger partial charge in [0, 0.05) is 25.0 Å². The van der Waals surface area contributed by atoms with Gasteiger partial charge in [0.15, 0.2) is 11.6 Å². The van der Waals surface area contributed by atoms with Crippen LogP contribution in [0.25, 0.3) is 0 Å². The van der Waals surface area contributed by atoms with Crippen molar-refractivity contribution in [2.45, 2.75) is 24.0 Å². The van der Waals surface area contributed by atoms with Crippen LogP contribution in [0.3, 0.4) is 0 Å². The third kappa shape index (κ3) is 4.62. The van der Waals surface area contributed by atoms with Crippen molar-refractivity contribution in [2.24, 2.45) is 7.05 Å². The first-order chi connectivity index (χ1) is 12.7. The van der Waals surface area contributed by atoms with E-state index in [9.17, 15) is 35.2 Å². The molecule has 0 unspecified atom stereocenters. The van der Waals surface area contributed by atoms with E-state index in [0.717, 1.165) is 22.9 Å². The molecule has 154 valence electrons. The van der Waals surface area contributed by atoms with Gasteiger partial charge < -0.3 is 9.88 Å². The molecule has 0 spiro atoms. The molecule has 1 aromatic heterocycles. The molecule has 28 heavy (non-hydrogen) atoms. The summed E-state index contributed by atoms with van der Waals surface area (Å²) >= 11 is 5.91. The average Bonchev–Trinajstić information content (AvgIpc) is 2.85. The first kappa shape index (κ1) is 22.1. The second-order valence-corrected chi connectivity index (χ2v) is 7.79. The number of benzene rings is 1. The molecule has 0 aliphatic heterocycles. The molecule has 0 aliphatic carbocycles. The lowest BCUT2D eigenvalue weighted by molar-refractivity contribution is -0.147. The van der Waals surface area contributed by atoms with Gasteiger partial charge in [-0.25, -0.2) is 17.2 Å². The molecule has 1 aromatic carbocycles. The summed E-state index contributed by atoms with van der Waals surface area (Å²) in [6.07, 6.45) is -3.98. The van der Waals surface area contributed by atoms with Gasteiger partial charge in [-0.05, 0) is 19.1 Å². The fraction of sp³-hybridized carbons (Fsp3) is 0.267. The Hall–Kier alpha value is -2.18. The highest BCUT2D eigenvalue weighted by Gasteiger charge is 2.40. The third-order valence-corrected chi connectivity index (χ3v) is 5.64. The van der Waals surface area contributed by atoms with Crippen molar-refractivity contribution in [3.63, 3.8) is 0 Å². The SMILES string of the molecule is C[C@@H](NS(=O)(=O)c1cn(C)c(C(=O)Nc2ccc(F)c(F)c2)c1Cl)C(F)(F)F. The number of carbonyl (C=O) groups excluding carboxylic acids is 1. The van der Waals surface area contributed by atoms with Crippen LogP contribution >= 0.6 is 11.6 Å². The van der Waals surface area contributed by atoms with Crippen molar-refractivity contribution < 1.29 is 35.2 Å². The lowest BCUT2D eigenvalue weighted by Gasteiger charge is -2.16. The van der Waals surface area contributed by atoms with Gasteiger partial charge in [-0.2, -0.15) is 17.9 Å². The number of sulfonamides is 1.